The summed E-state index contributed by atoms with van der Waals surface area (Å²) in [7, 11) is 0. The number of nitrogen functional groups attached to an aromatic ring is 1. The summed E-state index contributed by atoms with van der Waals surface area (Å²) >= 11 is 3.40. The number of aromatic nitrogens is 2. The van der Waals surface area contributed by atoms with Crippen LogP contribution in [-0.2, 0) is 17.6 Å². The molecule has 2 rings (SSSR count). The molecule has 24 heavy (non-hydrogen) atoms. The second-order valence-electron chi connectivity index (χ2n) is 5.44. The molecule has 0 fully saturated rings. The maximum absolute atomic E-state index is 12.0. The zero-order valence-electron chi connectivity index (χ0n) is 13.8. The second kappa shape index (κ2) is 9.64. The molecule has 1 heterocycles. The molecule has 1 aromatic carbocycles. The van der Waals surface area contributed by atoms with Gasteiger partial charge in [-0.3, -0.25) is 4.79 Å². The van der Waals surface area contributed by atoms with E-state index in [1.165, 1.54) is 0 Å². The Balaban J connectivity index is 0.00000288. The van der Waals surface area contributed by atoms with Crippen molar-refractivity contribution in [3.63, 3.8) is 0 Å². The van der Waals surface area contributed by atoms with E-state index in [1.807, 2.05) is 13.0 Å². The highest BCUT2D eigenvalue weighted by atomic mass is 79.9. The Bertz CT molecular complexity index is 691. The Kier molecular flexibility index (Phi) is 8.21. The van der Waals surface area contributed by atoms with E-state index in [0.29, 0.717) is 36.5 Å². The first-order valence-corrected chi connectivity index (χ1v) is 8.45. The van der Waals surface area contributed by atoms with Gasteiger partial charge in [0.2, 0.25) is 11.8 Å². The number of amides is 1. The van der Waals surface area contributed by atoms with Gasteiger partial charge in [-0.05, 0) is 37.5 Å². The number of nitrogens with zero attached hydrogens (tertiary/aromatic N) is 2. The van der Waals surface area contributed by atoms with Crippen LogP contribution in [0.25, 0.3) is 0 Å². The molecule has 0 saturated heterocycles. The Morgan fingerprint density at radius 2 is 2.12 bits per heavy atom. The lowest BCUT2D eigenvalue weighted by Gasteiger charge is -2.11. The first-order chi connectivity index (χ1) is 11.0. The lowest BCUT2D eigenvalue weighted by Crippen LogP contribution is -2.13. The molecule has 132 valence electrons. The van der Waals surface area contributed by atoms with Crippen LogP contribution in [0, 0.1) is 6.92 Å². The third-order valence-electron chi connectivity index (χ3n) is 3.40. The normalized spacial score (nSPS) is 10.3. The summed E-state index contributed by atoms with van der Waals surface area (Å²) < 4.78 is 6.03. The summed E-state index contributed by atoms with van der Waals surface area (Å²) in [6, 6.07) is 3.71. The van der Waals surface area contributed by atoms with Gasteiger partial charge in [0.05, 0.1) is 11.4 Å². The molecular formula is C16H22BrClN4O2. The average Bonchev–Trinajstić information content (AvgIpc) is 2.92. The second-order valence-corrected chi connectivity index (χ2v) is 6.36. The van der Waals surface area contributed by atoms with Gasteiger partial charge in [-0.25, -0.2) is 0 Å². The molecule has 1 amide bonds. The van der Waals surface area contributed by atoms with E-state index in [0.717, 1.165) is 28.7 Å². The van der Waals surface area contributed by atoms with Crippen LogP contribution in [0.3, 0.4) is 0 Å². The minimum absolute atomic E-state index is 0. The first kappa shape index (κ1) is 20.4. The van der Waals surface area contributed by atoms with Crippen molar-refractivity contribution in [3.05, 3.63) is 33.9 Å². The number of halogens is 2. The van der Waals surface area contributed by atoms with E-state index in [2.05, 4.69) is 38.3 Å². The standard InChI is InChI=1S/C16H21BrN4O2.ClH/c1-3-5-13-20-15(23-21-13)7-4-6-14(22)19-12-9-11(17)8-10(2)16(12)18;/h8-9H,3-7,18H2,1-2H3,(H,19,22);1H. The number of rotatable bonds is 7. The summed E-state index contributed by atoms with van der Waals surface area (Å²) in [5.74, 6) is 1.23. The predicted molar refractivity (Wildman–Crippen MR) is 100 cm³/mol. The number of hydrogen-bond donors (Lipinski definition) is 2. The largest absolute Gasteiger partial charge is 0.397 e. The fourth-order valence-electron chi connectivity index (χ4n) is 2.19. The number of nitrogens with one attached hydrogen (secondary N) is 1. The van der Waals surface area contributed by atoms with E-state index in [1.54, 1.807) is 6.07 Å². The van der Waals surface area contributed by atoms with E-state index in [4.69, 9.17) is 10.3 Å². The molecule has 2 aromatic rings. The summed E-state index contributed by atoms with van der Waals surface area (Å²) in [4.78, 5) is 16.3. The molecule has 0 radical (unpaired) electrons. The van der Waals surface area contributed by atoms with Gasteiger partial charge in [-0.1, -0.05) is 28.0 Å². The molecule has 1 aromatic heterocycles. The van der Waals surface area contributed by atoms with Crippen molar-refractivity contribution in [2.45, 2.75) is 46.0 Å². The smallest absolute Gasteiger partial charge is 0.226 e. The first-order valence-electron chi connectivity index (χ1n) is 7.66. The van der Waals surface area contributed by atoms with Crippen LogP contribution in [0.5, 0.6) is 0 Å². The number of aryl methyl sites for hydroxylation is 3. The molecule has 0 spiro atoms. The molecule has 6 nitrogen and oxygen atoms in total. The van der Waals surface area contributed by atoms with Crippen LogP contribution < -0.4 is 11.1 Å². The highest BCUT2D eigenvalue weighted by molar-refractivity contribution is 9.10. The van der Waals surface area contributed by atoms with Crippen molar-refractivity contribution < 1.29 is 9.32 Å². The van der Waals surface area contributed by atoms with Crippen LogP contribution >= 0.6 is 28.3 Å². The molecule has 0 aliphatic heterocycles. The van der Waals surface area contributed by atoms with Crippen molar-refractivity contribution in [2.24, 2.45) is 0 Å². The third kappa shape index (κ3) is 5.79. The lowest BCUT2D eigenvalue weighted by atomic mass is 10.1. The van der Waals surface area contributed by atoms with Crippen molar-refractivity contribution >= 4 is 45.6 Å². The summed E-state index contributed by atoms with van der Waals surface area (Å²) in [5, 5.41) is 6.74. The fourth-order valence-corrected chi connectivity index (χ4v) is 2.76. The molecule has 0 bridgehead atoms. The van der Waals surface area contributed by atoms with Gasteiger partial charge in [0.1, 0.15) is 0 Å². The molecular weight excluding hydrogens is 396 g/mol. The molecule has 0 atom stereocenters. The van der Waals surface area contributed by atoms with Crippen LogP contribution in [0.1, 0.15) is 43.5 Å². The van der Waals surface area contributed by atoms with E-state index in [-0.39, 0.29) is 18.3 Å². The number of carbonyl (C=O) groups is 1. The van der Waals surface area contributed by atoms with Gasteiger partial charge in [0.15, 0.2) is 5.82 Å². The van der Waals surface area contributed by atoms with E-state index in [9.17, 15) is 4.79 Å². The minimum Gasteiger partial charge on any atom is -0.397 e. The summed E-state index contributed by atoms with van der Waals surface area (Å²) in [6.45, 7) is 3.97. The number of hydrogen-bond acceptors (Lipinski definition) is 5. The highest BCUT2D eigenvalue weighted by Gasteiger charge is 2.10. The van der Waals surface area contributed by atoms with Crippen molar-refractivity contribution in [3.8, 4) is 0 Å². The molecule has 3 N–H and O–H groups in total. The molecule has 0 saturated carbocycles. The van der Waals surface area contributed by atoms with E-state index >= 15 is 0 Å². The lowest BCUT2D eigenvalue weighted by molar-refractivity contribution is -0.116. The maximum atomic E-state index is 12.0. The molecule has 0 aliphatic rings. The fraction of sp³-hybridized carbons (Fsp3) is 0.438. The SMILES string of the molecule is CCCc1noc(CCCC(=O)Nc2cc(Br)cc(C)c2N)n1.Cl. The Morgan fingerprint density at radius 3 is 2.83 bits per heavy atom. The Hall–Kier alpha value is -1.60. The topological polar surface area (TPSA) is 94.0 Å². The Morgan fingerprint density at radius 1 is 1.38 bits per heavy atom. The van der Waals surface area contributed by atoms with Gasteiger partial charge < -0.3 is 15.6 Å². The number of nitrogens with two attached hydrogens (primary N) is 1. The Labute approximate surface area is 156 Å². The summed E-state index contributed by atoms with van der Waals surface area (Å²) in [6.07, 6.45) is 3.40. The van der Waals surface area contributed by atoms with Crippen LogP contribution in [0.2, 0.25) is 0 Å². The van der Waals surface area contributed by atoms with Crippen LogP contribution in [-0.4, -0.2) is 16.0 Å². The van der Waals surface area contributed by atoms with Gasteiger partial charge in [-0.15, -0.1) is 12.4 Å². The van der Waals surface area contributed by atoms with Gasteiger partial charge in [0, 0.05) is 23.7 Å². The molecule has 0 aliphatic carbocycles. The monoisotopic (exact) mass is 416 g/mol. The molecule has 8 heteroatoms. The maximum Gasteiger partial charge on any atom is 0.226 e. The van der Waals surface area contributed by atoms with Crippen LogP contribution in [0.15, 0.2) is 21.1 Å². The third-order valence-corrected chi connectivity index (χ3v) is 3.86. The quantitative estimate of drug-likeness (QED) is 0.663. The highest BCUT2D eigenvalue weighted by Crippen LogP contribution is 2.27. The predicted octanol–water partition coefficient (Wildman–Crippen LogP) is 4.06. The number of benzene rings is 1. The van der Waals surface area contributed by atoms with Crippen molar-refractivity contribution in [1.29, 1.82) is 0 Å². The minimum atomic E-state index is -0.0810. The summed E-state index contributed by atoms with van der Waals surface area (Å²) in [5.41, 5.74) is 8.12. The van der Waals surface area contributed by atoms with Crippen LogP contribution in [0.4, 0.5) is 11.4 Å². The molecule has 0 unspecified atom stereocenters. The van der Waals surface area contributed by atoms with Gasteiger partial charge in [0.25, 0.3) is 0 Å². The van der Waals surface area contributed by atoms with Gasteiger partial charge >= 0.3 is 0 Å². The zero-order valence-corrected chi connectivity index (χ0v) is 16.2. The van der Waals surface area contributed by atoms with E-state index < -0.39 is 0 Å². The number of carbonyl (C=O) groups excluding carboxylic acids is 1. The average molecular weight is 418 g/mol. The van der Waals surface area contributed by atoms with Crippen molar-refractivity contribution in [2.75, 3.05) is 11.1 Å². The van der Waals surface area contributed by atoms with Crippen molar-refractivity contribution in [1.82, 2.24) is 10.1 Å². The zero-order chi connectivity index (χ0) is 16.8. The van der Waals surface area contributed by atoms with Gasteiger partial charge in [-0.2, -0.15) is 4.98 Å². The number of anilines is 2.